The van der Waals surface area contributed by atoms with E-state index in [1.165, 1.54) is 23.2 Å². The van der Waals surface area contributed by atoms with Gasteiger partial charge in [0.1, 0.15) is 0 Å². The maximum Gasteiger partial charge on any atom is 0.0401 e. The van der Waals surface area contributed by atoms with Gasteiger partial charge in [0, 0.05) is 24.3 Å². The summed E-state index contributed by atoms with van der Waals surface area (Å²) in [6, 6.07) is 6.78. The van der Waals surface area contributed by atoms with E-state index >= 15 is 0 Å². The zero-order valence-electron chi connectivity index (χ0n) is 11.5. The fourth-order valence-electron chi connectivity index (χ4n) is 2.70. The van der Waals surface area contributed by atoms with E-state index < -0.39 is 0 Å². The average Bonchev–Trinajstić information content (AvgIpc) is 2.40. The van der Waals surface area contributed by atoms with Gasteiger partial charge in [-0.25, -0.2) is 0 Å². The Morgan fingerprint density at radius 2 is 1.94 bits per heavy atom. The maximum absolute atomic E-state index is 3.49. The van der Waals surface area contributed by atoms with Crippen molar-refractivity contribution < 1.29 is 0 Å². The Hall–Kier alpha value is -1.02. The predicted molar refractivity (Wildman–Crippen MR) is 74.8 cm³/mol. The molecule has 0 aliphatic carbocycles. The van der Waals surface area contributed by atoms with Crippen molar-refractivity contribution in [2.75, 3.05) is 24.5 Å². The Kier molecular flexibility index (Phi) is 3.43. The molecule has 0 amide bonds. The van der Waals surface area contributed by atoms with E-state index in [0.29, 0.717) is 0 Å². The average molecular weight is 232 g/mol. The van der Waals surface area contributed by atoms with E-state index in [1.807, 2.05) is 0 Å². The highest BCUT2D eigenvalue weighted by Gasteiger charge is 2.28. The number of hydrogen-bond donors (Lipinski definition) is 1. The molecule has 17 heavy (non-hydrogen) atoms. The topological polar surface area (TPSA) is 15.3 Å². The molecule has 1 saturated heterocycles. The van der Waals surface area contributed by atoms with E-state index in [2.05, 4.69) is 56.1 Å². The quantitative estimate of drug-likeness (QED) is 0.801. The van der Waals surface area contributed by atoms with Crippen LogP contribution in [-0.2, 0) is 0 Å². The molecular formula is C15H24N2. The Morgan fingerprint density at radius 3 is 2.65 bits per heavy atom. The van der Waals surface area contributed by atoms with Crippen LogP contribution in [0.25, 0.3) is 0 Å². The summed E-state index contributed by atoms with van der Waals surface area (Å²) in [5.41, 5.74) is 4.37. The summed E-state index contributed by atoms with van der Waals surface area (Å²) in [4.78, 5) is 2.56. The molecule has 2 nitrogen and oxygen atoms in total. The van der Waals surface area contributed by atoms with Crippen LogP contribution in [0.15, 0.2) is 18.2 Å². The summed E-state index contributed by atoms with van der Waals surface area (Å²) in [6.07, 6.45) is 1.19. The van der Waals surface area contributed by atoms with Crippen LogP contribution in [0, 0.1) is 13.8 Å². The Labute approximate surface area is 105 Å². The monoisotopic (exact) mass is 232 g/mol. The minimum absolute atomic E-state index is 0.240. The molecule has 94 valence electrons. The van der Waals surface area contributed by atoms with E-state index in [1.54, 1.807) is 0 Å². The lowest BCUT2D eigenvalue weighted by Gasteiger charge is -2.39. The van der Waals surface area contributed by atoms with Gasteiger partial charge in [-0.2, -0.15) is 0 Å². The van der Waals surface area contributed by atoms with Crippen molar-refractivity contribution >= 4 is 5.69 Å². The molecule has 0 spiro atoms. The summed E-state index contributed by atoms with van der Waals surface area (Å²) < 4.78 is 0. The lowest BCUT2D eigenvalue weighted by atomic mass is 9.96. The molecule has 2 rings (SSSR count). The van der Waals surface area contributed by atoms with E-state index in [4.69, 9.17) is 0 Å². The van der Waals surface area contributed by atoms with Gasteiger partial charge >= 0.3 is 0 Å². The van der Waals surface area contributed by atoms with Crippen molar-refractivity contribution in [3.63, 3.8) is 0 Å². The van der Waals surface area contributed by atoms with Crippen LogP contribution in [0.3, 0.4) is 0 Å². The first kappa shape index (κ1) is 12.4. The van der Waals surface area contributed by atoms with Crippen molar-refractivity contribution in [3.8, 4) is 0 Å². The molecule has 1 aromatic rings. The van der Waals surface area contributed by atoms with Gasteiger partial charge in [-0.1, -0.05) is 17.7 Å². The van der Waals surface area contributed by atoms with Crippen LogP contribution in [0.4, 0.5) is 5.69 Å². The second kappa shape index (κ2) is 4.69. The Bertz CT molecular complexity index is 396. The van der Waals surface area contributed by atoms with Crippen LogP contribution in [0.2, 0.25) is 0 Å². The molecule has 0 aromatic heterocycles. The molecule has 1 aliphatic heterocycles. The molecule has 0 bridgehead atoms. The standard InChI is InChI=1S/C15H24N2/c1-12-5-6-14(13(2)11-12)17-10-9-16-8-7-15(17,3)4/h5-6,11,16H,7-10H2,1-4H3. The van der Waals surface area contributed by atoms with Gasteiger partial charge in [-0.3, -0.25) is 0 Å². The Morgan fingerprint density at radius 1 is 1.18 bits per heavy atom. The molecule has 1 fully saturated rings. The minimum Gasteiger partial charge on any atom is -0.365 e. The van der Waals surface area contributed by atoms with Gasteiger partial charge in [0.2, 0.25) is 0 Å². The highest BCUT2D eigenvalue weighted by Crippen LogP contribution is 2.30. The first-order valence-corrected chi connectivity index (χ1v) is 6.56. The number of hydrogen-bond acceptors (Lipinski definition) is 2. The molecule has 0 atom stereocenters. The summed E-state index contributed by atoms with van der Waals surface area (Å²) in [5.74, 6) is 0. The number of aryl methyl sites for hydroxylation is 2. The summed E-state index contributed by atoms with van der Waals surface area (Å²) in [6.45, 7) is 12.4. The van der Waals surface area contributed by atoms with Crippen molar-refractivity contribution in [2.24, 2.45) is 0 Å². The van der Waals surface area contributed by atoms with Gasteiger partial charge in [0.15, 0.2) is 0 Å². The van der Waals surface area contributed by atoms with Gasteiger partial charge in [-0.05, 0) is 52.3 Å². The van der Waals surface area contributed by atoms with E-state index in [9.17, 15) is 0 Å². The normalized spacial score (nSPS) is 20.1. The number of nitrogens with one attached hydrogen (secondary N) is 1. The molecule has 0 radical (unpaired) electrons. The second-order valence-electron chi connectivity index (χ2n) is 5.75. The Balaban J connectivity index is 2.35. The van der Waals surface area contributed by atoms with Crippen molar-refractivity contribution in [1.82, 2.24) is 5.32 Å². The predicted octanol–water partition coefficient (Wildman–Crippen LogP) is 2.88. The lowest BCUT2D eigenvalue weighted by molar-refractivity contribution is 0.453. The molecule has 2 heteroatoms. The number of nitrogens with zero attached hydrogens (tertiary/aromatic N) is 1. The molecule has 0 saturated carbocycles. The van der Waals surface area contributed by atoms with Crippen LogP contribution in [-0.4, -0.2) is 25.2 Å². The molecule has 1 heterocycles. The molecule has 0 unspecified atom stereocenters. The first-order valence-electron chi connectivity index (χ1n) is 6.56. The summed E-state index contributed by atoms with van der Waals surface area (Å²) in [7, 11) is 0. The maximum atomic E-state index is 3.49. The van der Waals surface area contributed by atoms with Crippen LogP contribution >= 0.6 is 0 Å². The molecular weight excluding hydrogens is 208 g/mol. The van der Waals surface area contributed by atoms with Crippen molar-refractivity contribution in [1.29, 1.82) is 0 Å². The third-order valence-corrected chi connectivity index (χ3v) is 3.80. The van der Waals surface area contributed by atoms with Crippen LogP contribution in [0.5, 0.6) is 0 Å². The molecule has 1 aliphatic rings. The third-order valence-electron chi connectivity index (χ3n) is 3.80. The third kappa shape index (κ3) is 2.63. The summed E-state index contributed by atoms with van der Waals surface area (Å²) in [5, 5.41) is 3.49. The van der Waals surface area contributed by atoms with Crippen LogP contribution in [0.1, 0.15) is 31.4 Å². The lowest BCUT2D eigenvalue weighted by Crippen LogP contribution is -2.44. The fourth-order valence-corrected chi connectivity index (χ4v) is 2.70. The number of rotatable bonds is 1. The van der Waals surface area contributed by atoms with Crippen molar-refractivity contribution in [3.05, 3.63) is 29.3 Å². The highest BCUT2D eigenvalue weighted by atomic mass is 15.2. The first-order chi connectivity index (χ1) is 8.00. The van der Waals surface area contributed by atoms with Crippen LogP contribution < -0.4 is 10.2 Å². The number of benzene rings is 1. The van der Waals surface area contributed by atoms with Gasteiger partial charge < -0.3 is 10.2 Å². The largest absolute Gasteiger partial charge is 0.365 e. The molecule has 1 N–H and O–H groups in total. The van der Waals surface area contributed by atoms with Crippen molar-refractivity contribution in [2.45, 2.75) is 39.7 Å². The van der Waals surface area contributed by atoms with E-state index in [-0.39, 0.29) is 5.54 Å². The second-order valence-corrected chi connectivity index (χ2v) is 5.75. The van der Waals surface area contributed by atoms with Gasteiger partial charge in [-0.15, -0.1) is 0 Å². The fraction of sp³-hybridized carbons (Fsp3) is 0.600. The highest BCUT2D eigenvalue weighted by molar-refractivity contribution is 5.56. The number of anilines is 1. The zero-order chi connectivity index (χ0) is 12.5. The zero-order valence-corrected chi connectivity index (χ0v) is 11.5. The van der Waals surface area contributed by atoms with Gasteiger partial charge in [0.05, 0.1) is 0 Å². The SMILES string of the molecule is Cc1ccc(N2CCNCCC2(C)C)c(C)c1. The molecule has 1 aromatic carbocycles. The minimum atomic E-state index is 0.240. The summed E-state index contributed by atoms with van der Waals surface area (Å²) >= 11 is 0. The smallest absolute Gasteiger partial charge is 0.0401 e. The van der Waals surface area contributed by atoms with Gasteiger partial charge in [0.25, 0.3) is 0 Å². The van der Waals surface area contributed by atoms with E-state index in [0.717, 1.165) is 19.6 Å².